The second kappa shape index (κ2) is 7.03. The first kappa shape index (κ1) is 18.3. The molecule has 3 N–H and O–H groups in total. The zero-order chi connectivity index (χ0) is 19.6. The third-order valence-corrected chi connectivity index (χ3v) is 4.33. The van der Waals surface area contributed by atoms with Crippen LogP contribution in [0.25, 0.3) is 21.9 Å². The maximum Gasteiger partial charge on any atom is 0.310 e. The van der Waals surface area contributed by atoms with Crippen LogP contribution < -0.4 is 5.32 Å². The van der Waals surface area contributed by atoms with Crippen molar-refractivity contribution < 1.29 is 19.8 Å². The summed E-state index contributed by atoms with van der Waals surface area (Å²) in [5, 5.41) is 23.8. The van der Waals surface area contributed by atoms with Crippen LogP contribution in [0.4, 0.5) is 0 Å². The molecule has 0 aliphatic heterocycles. The topological polar surface area (TPSA) is 112 Å². The van der Waals surface area contributed by atoms with Crippen LogP contribution in [0.3, 0.4) is 0 Å². The number of carboxylic acids is 1. The van der Waals surface area contributed by atoms with E-state index in [4.69, 9.17) is 5.11 Å². The van der Waals surface area contributed by atoms with Crippen molar-refractivity contribution in [3.63, 3.8) is 0 Å². The summed E-state index contributed by atoms with van der Waals surface area (Å²) in [6, 6.07) is 9.13. The van der Waals surface area contributed by atoms with Crippen molar-refractivity contribution in [2.45, 2.75) is 13.8 Å². The first-order valence-electron chi connectivity index (χ1n) is 8.33. The molecular weight excluding hydrogens is 346 g/mol. The fraction of sp³-hybridized carbons (Fsp3) is 0.200. The average molecular weight is 365 g/mol. The number of carbonyl (C=O) groups excluding carboxylic acids is 1. The number of aromatic hydroxyl groups is 1. The largest absolute Gasteiger partial charge is 0.505 e. The third kappa shape index (κ3) is 3.87. The first-order valence-corrected chi connectivity index (χ1v) is 8.33. The Morgan fingerprint density at radius 1 is 1.07 bits per heavy atom. The number of fused-ring (bicyclic) bond motifs is 1. The first-order chi connectivity index (χ1) is 12.8. The van der Waals surface area contributed by atoms with Gasteiger partial charge in [0, 0.05) is 36.1 Å². The lowest BCUT2D eigenvalue weighted by molar-refractivity contribution is -0.146. The van der Waals surface area contributed by atoms with E-state index in [1.54, 1.807) is 12.4 Å². The van der Waals surface area contributed by atoms with Gasteiger partial charge in [0.2, 0.25) is 0 Å². The van der Waals surface area contributed by atoms with E-state index in [0.717, 1.165) is 16.3 Å². The van der Waals surface area contributed by atoms with E-state index in [1.807, 2.05) is 24.3 Å². The van der Waals surface area contributed by atoms with Crippen molar-refractivity contribution in [1.82, 2.24) is 15.3 Å². The van der Waals surface area contributed by atoms with Gasteiger partial charge in [-0.2, -0.15) is 0 Å². The summed E-state index contributed by atoms with van der Waals surface area (Å²) in [5.41, 5.74) is 0.213. The Kier molecular flexibility index (Phi) is 4.77. The summed E-state index contributed by atoms with van der Waals surface area (Å²) < 4.78 is 0. The van der Waals surface area contributed by atoms with E-state index in [9.17, 15) is 14.7 Å². The smallest absolute Gasteiger partial charge is 0.310 e. The number of hydrogen-bond donors (Lipinski definition) is 3. The molecule has 0 atom stereocenters. The van der Waals surface area contributed by atoms with E-state index >= 15 is 0 Å². The molecule has 0 saturated carbocycles. The van der Waals surface area contributed by atoms with Gasteiger partial charge in [0.1, 0.15) is 5.75 Å². The van der Waals surface area contributed by atoms with E-state index in [-0.39, 0.29) is 18.0 Å². The molecule has 138 valence electrons. The number of carboxylic acid groups (broad SMARTS) is 1. The van der Waals surface area contributed by atoms with Crippen molar-refractivity contribution >= 4 is 22.6 Å². The maximum atomic E-state index is 12.2. The Bertz CT molecular complexity index is 1030. The molecule has 7 nitrogen and oxygen atoms in total. The van der Waals surface area contributed by atoms with Crippen LogP contribution in [0.1, 0.15) is 24.3 Å². The molecular formula is C20H19N3O4. The van der Waals surface area contributed by atoms with Gasteiger partial charge < -0.3 is 15.5 Å². The minimum Gasteiger partial charge on any atom is -0.505 e. The highest BCUT2D eigenvalue weighted by atomic mass is 16.4. The second-order valence-corrected chi connectivity index (χ2v) is 6.90. The lowest BCUT2D eigenvalue weighted by Gasteiger charge is -2.19. The van der Waals surface area contributed by atoms with Gasteiger partial charge in [-0.1, -0.05) is 12.1 Å². The Balaban J connectivity index is 1.82. The van der Waals surface area contributed by atoms with Crippen LogP contribution in [0.5, 0.6) is 5.75 Å². The molecule has 2 aromatic heterocycles. The average Bonchev–Trinajstić information content (AvgIpc) is 2.65. The molecule has 1 amide bonds. The van der Waals surface area contributed by atoms with Gasteiger partial charge >= 0.3 is 5.97 Å². The highest BCUT2D eigenvalue weighted by Crippen LogP contribution is 2.27. The molecule has 27 heavy (non-hydrogen) atoms. The van der Waals surface area contributed by atoms with Gasteiger partial charge in [0.05, 0.1) is 5.41 Å². The second-order valence-electron chi connectivity index (χ2n) is 6.90. The van der Waals surface area contributed by atoms with E-state index in [0.29, 0.717) is 5.56 Å². The number of nitrogens with zero attached hydrogens (tertiary/aromatic N) is 2. The number of carbonyl (C=O) groups is 2. The molecule has 0 aliphatic carbocycles. The summed E-state index contributed by atoms with van der Waals surface area (Å²) in [6.07, 6.45) is 4.96. The number of amides is 1. The molecule has 2 heterocycles. The predicted octanol–water partition coefficient (Wildman–Crippen LogP) is 2.84. The summed E-state index contributed by atoms with van der Waals surface area (Å²) in [5.74, 6) is -1.93. The third-order valence-electron chi connectivity index (χ3n) is 4.33. The Morgan fingerprint density at radius 3 is 2.56 bits per heavy atom. The summed E-state index contributed by atoms with van der Waals surface area (Å²) >= 11 is 0. The van der Waals surface area contributed by atoms with E-state index in [2.05, 4.69) is 15.3 Å². The van der Waals surface area contributed by atoms with Gasteiger partial charge in [-0.15, -0.1) is 0 Å². The van der Waals surface area contributed by atoms with Gasteiger partial charge in [-0.05, 0) is 43.0 Å². The highest BCUT2D eigenvalue weighted by Gasteiger charge is 2.28. The number of nitrogens with one attached hydrogen (secondary N) is 1. The summed E-state index contributed by atoms with van der Waals surface area (Å²) in [7, 11) is 0. The lowest BCUT2D eigenvalue weighted by Crippen LogP contribution is -2.39. The highest BCUT2D eigenvalue weighted by molar-refractivity contribution is 5.96. The van der Waals surface area contributed by atoms with Gasteiger partial charge in [-0.25, -0.2) is 4.98 Å². The quantitative estimate of drug-likeness (QED) is 0.641. The van der Waals surface area contributed by atoms with Crippen LogP contribution in [-0.4, -0.2) is 38.6 Å². The van der Waals surface area contributed by atoms with Gasteiger partial charge in [0.15, 0.2) is 5.69 Å². The predicted molar refractivity (Wildman–Crippen MR) is 100 cm³/mol. The van der Waals surface area contributed by atoms with Crippen molar-refractivity contribution in [1.29, 1.82) is 0 Å². The van der Waals surface area contributed by atoms with Crippen LogP contribution in [0, 0.1) is 5.41 Å². The monoisotopic (exact) mass is 365 g/mol. The number of pyridine rings is 2. The van der Waals surface area contributed by atoms with Crippen LogP contribution in [0.2, 0.25) is 0 Å². The molecule has 0 bridgehead atoms. The fourth-order valence-electron chi connectivity index (χ4n) is 2.51. The Morgan fingerprint density at radius 2 is 1.85 bits per heavy atom. The molecule has 0 unspecified atom stereocenters. The molecule has 0 radical (unpaired) electrons. The molecule has 3 rings (SSSR count). The van der Waals surface area contributed by atoms with Crippen molar-refractivity contribution in [2.24, 2.45) is 5.41 Å². The zero-order valence-electron chi connectivity index (χ0n) is 14.9. The molecule has 0 saturated heterocycles. The van der Waals surface area contributed by atoms with Crippen molar-refractivity contribution in [3.8, 4) is 16.9 Å². The maximum absolute atomic E-state index is 12.2. The number of hydrogen-bond acceptors (Lipinski definition) is 5. The Hall–Kier alpha value is -3.48. The molecule has 1 aromatic carbocycles. The van der Waals surface area contributed by atoms with Crippen LogP contribution >= 0.6 is 0 Å². The molecule has 0 fully saturated rings. The number of benzene rings is 1. The summed E-state index contributed by atoms with van der Waals surface area (Å²) in [6.45, 7) is 2.92. The number of rotatable bonds is 5. The molecule has 0 aliphatic rings. The molecule has 7 heteroatoms. The minimum absolute atomic E-state index is 0.0816. The van der Waals surface area contributed by atoms with Gasteiger partial charge in [-0.3, -0.25) is 14.6 Å². The van der Waals surface area contributed by atoms with Crippen LogP contribution in [0.15, 0.2) is 48.9 Å². The lowest BCUT2D eigenvalue weighted by atomic mass is 9.94. The summed E-state index contributed by atoms with van der Waals surface area (Å²) in [4.78, 5) is 31.5. The zero-order valence-corrected chi connectivity index (χ0v) is 14.9. The van der Waals surface area contributed by atoms with Crippen molar-refractivity contribution in [2.75, 3.05) is 6.54 Å². The number of aromatic nitrogens is 2. The number of aliphatic carboxylic acids is 1. The van der Waals surface area contributed by atoms with E-state index < -0.39 is 17.3 Å². The fourth-order valence-corrected chi connectivity index (χ4v) is 2.51. The molecule has 0 spiro atoms. The SMILES string of the molecule is CC(C)(CNC(=O)c1ncc(-c2ccc3ccncc3c2)cc1O)C(=O)O. The standard InChI is InChI=1S/C20H19N3O4/c1-20(2,19(26)27)11-23-18(25)17-16(24)8-15(10-22-17)13-4-3-12-5-6-21-9-14(12)7-13/h3-10,24H,11H2,1-2H3,(H,23,25)(H,26,27). The Labute approximate surface area is 155 Å². The van der Waals surface area contributed by atoms with Crippen LogP contribution in [-0.2, 0) is 4.79 Å². The molecule has 3 aromatic rings. The van der Waals surface area contributed by atoms with Gasteiger partial charge in [0.25, 0.3) is 5.91 Å². The normalized spacial score (nSPS) is 11.3. The van der Waals surface area contributed by atoms with E-state index in [1.165, 1.54) is 26.1 Å². The minimum atomic E-state index is -1.12. The van der Waals surface area contributed by atoms with Crippen molar-refractivity contribution in [3.05, 3.63) is 54.6 Å².